The molecule has 2 aromatic rings. The molecule has 2 atom stereocenters. The molecular formula is C24H34N3O4S+. The molecule has 0 fully saturated rings. The van der Waals surface area contributed by atoms with Crippen LogP contribution in [-0.4, -0.2) is 52.7 Å². The van der Waals surface area contributed by atoms with Gasteiger partial charge in [0.2, 0.25) is 0 Å². The van der Waals surface area contributed by atoms with Gasteiger partial charge in [0.05, 0.1) is 44.1 Å². The van der Waals surface area contributed by atoms with E-state index in [4.69, 9.17) is 14.2 Å². The smallest absolute Gasteiger partial charge is 0.475 e. The van der Waals surface area contributed by atoms with Crippen LogP contribution in [-0.2, 0) is 9.47 Å². The van der Waals surface area contributed by atoms with E-state index < -0.39 is 12.4 Å². The Morgan fingerprint density at radius 3 is 2.72 bits per heavy atom. The minimum Gasteiger partial charge on any atom is -0.475 e. The van der Waals surface area contributed by atoms with Gasteiger partial charge in [-0.05, 0) is 25.5 Å². The number of rotatable bonds is 11. The Morgan fingerprint density at radius 2 is 1.97 bits per heavy atom. The molecule has 1 aromatic heterocycles. The van der Waals surface area contributed by atoms with Crippen molar-refractivity contribution in [1.29, 1.82) is 0 Å². The maximum atomic E-state index is 12.3. The summed E-state index contributed by atoms with van der Waals surface area (Å²) in [4.78, 5) is 12.3. The van der Waals surface area contributed by atoms with Gasteiger partial charge in [0, 0.05) is 12.0 Å². The third-order valence-electron chi connectivity index (χ3n) is 5.68. The number of carbonyl (C=O) groups is 1. The van der Waals surface area contributed by atoms with Crippen molar-refractivity contribution in [2.24, 2.45) is 0 Å². The first-order valence-corrected chi connectivity index (χ1v) is 12.2. The largest absolute Gasteiger partial charge is 0.513 e. The number of unbranched alkanes of at least 4 members (excludes halogenated alkanes) is 3. The van der Waals surface area contributed by atoms with Crippen molar-refractivity contribution in [2.45, 2.75) is 52.2 Å². The zero-order valence-electron chi connectivity index (χ0n) is 19.3. The molecule has 1 aliphatic rings. The van der Waals surface area contributed by atoms with Gasteiger partial charge in [-0.2, -0.15) is 4.37 Å². The average molecular weight is 461 g/mol. The molecule has 0 aliphatic carbocycles. The van der Waals surface area contributed by atoms with E-state index in [9.17, 15) is 4.79 Å². The highest BCUT2D eigenvalue weighted by atomic mass is 32.1. The van der Waals surface area contributed by atoms with Crippen LogP contribution in [0.1, 0.15) is 63.4 Å². The van der Waals surface area contributed by atoms with Crippen LogP contribution in [0.2, 0.25) is 0 Å². The van der Waals surface area contributed by atoms with E-state index >= 15 is 0 Å². The van der Waals surface area contributed by atoms with Crippen molar-refractivity contribution in [3.63, 3.8) is 0 Å². The highest BCUT2D eigenvalue weighted by Crippen LogP contribution is 2.37. The lowest BCUT2D eigenvalue weighted by Gasteiger charge is -2.42. The standard InChI is InChI=1S/C24H34N3O4S/c1-4-6-7-11-17-30-22-21(25-32-26-22)20-15-12-16-27(3,18-20)23(31-24(28)29-5-2)19-13-9-8-10-14-19/h8-10,13-15,23H,4-7,11-12,16-18H2,1-3H3/q+1. The Kier molecular flexibility index (Phi) is 9.05. The van der Waals surface area contributed by atoms with Gasteiger partial charge in [-0.25, -0.2) is 4.79 Å². The lowest BCUT2D eigenvalue weighted by Crippen LogP contribution is -2.51. The zero-order valence-corrected chi connectivity index (χ0v) is 20.1. The predicted octanol–water partition coefficient (Wildman–Crippen LogP) is 5.60. The normalized spacial score (nSPS) is 19.2. The molecule has 0 saturated heterocycles. The van der Waals surface area contributed by atoms with E-state index in [1.54, 1.807) is 6.92 Å². The second-order valence-electron chi connectivity index (χ2n) is 8.27. The van der Waals surface area contributed by atoms with Crippen molar-refractivity contribution in [1.82, 2.24) is 8.75 Å². The van der Waals surface area contributed by atoms with Crippen LogP contribution in [0.4, 0.5) is 4.79 Å². The predicted molar refractivity (Wildman–Crippen MR) is 125 cm³/mol. The maximum absolute atomic E-state index is 12.3. The number of carbonyl (C=O) groups excluding carboxylic acids is 1. The van der Waals surface area contributed by atoms with Crippen molar-refractivity contribution in [3.8, 4) is 5.88 Å². The van der Waals surface area contributed by atoms with Crippen LogP contribution in [0.5, 0.6) is 5.88 Å². The summed E-state index contributed by atoms with van der Waals surface area (Å²) in [5, 5.41) is 0. The Morgan fingerprint density at radius 1 is 1.16 bits per heavy atom. The molecule has 8 heteroatoms. The Labute approximate surface area is 194 Å². The molecule has 32 heavy (non-hydrogen) atoms. The molecule has 2 unspecified atom stereocenters. The molecule has 0 saturated carbocycles. The number of quaternary nitrogens is 1. The van der Waals surface area contributed by atoms with Gasteiger partial charge in [0.1, 0.15) is 12.2 Å². The van der Waals surface area contributed by atoms with E-state index in [1.807, 2.05) is 30.3 Å². The van der Waals surface area contributed by atoms with E-state index in [2.05, 4.69) is 28.8 Å². The van der Waals surface area contributed by atoms with Gasteiger partial charge in [-0.3, -0.25) is 4.48 Å². The molecule has 0 bridgehead atoms. The molecule has 0 radical (unpaired) electrons. The van der Waals surface area contributed by atoms with Crippen molar-refractivity contribution in [3.05, 3.63) is 47.7 Å². The van der Waals surface area contributed by atoms with Gasteiger partial charge in [-0.1, -0.05) is 50.5 Å². The van der Waals surface area contributed by atoms with Crippen LogP contribution < -0.4 is 4.74 Å². The van der Waals surface area contributed by atoms with Crippen LogP contribution in [0.15, 0.2) is 36.4 Å². The number of hydrogen-bond acceptors (Lipinski definition) is 7. The van der Waals surface area contributed by atoms with Crippen LogP contribution >= 0.6 is 11.7 Å². The summed E-state index contributed by atoms with van der Waals surface area (Å²) >= 11 is 1.17. The van der Waals surface area contributed by atoms with E-state index in [0.29, 0.717) is 23.5 Å². The second-order valence-corrected chi connectivity index (χ2v) is 8.80. The minimum absolute atomic E-state index is 0.276. The fourth-order valence-electron chi connectivity index (χ4n) is 4.02. The maximum Gasteiger partial charge on any atom is 0.513 e. The monoisotopic (exact) mass is 460 g/mol. The quantitative estimate of drug-likeness (QED) is 0.247. The van der Waals surface area contributed by atoms with E-state index in [0.717, 1.165) is 42.6 Å². The summed E-state index contributed by atoms with van der Waals surface area (Å²) in [6.07, 6.45) is 6.50. The number of ether oxygens (including phenoxy) is 3. The second kappa shape index (κ2) is 12.0. The van der Waals surface area contributed by atoms with Gasteiger partial charge < -0.3 is 14.2 Å². The Hall–Kier alpha value is -2.45. The summed E-state index contributed by atoms with van der Waals surface area (Å²) in [5.41, 5.74) is 2.81. The fraction of sp³-hybridized carbons (Fsp3) is 0.542. The zero-order chi connectivity index (χ0) is 22.8. The summed E-state index contributed by atoms with van der Waals surface area (Å²) in [7, 11) is 2.11. The van der Waals surface area contributed by atoms with Gasteiger partial charge in [0.25, 0.3) is 12.1 Å². The third kappa shape index (κ3) is 6.29. The number of hydrogen-bond donors (Lipinski definition) is 0. The van der Waals surface area contributed by atoms with Gasteiger partial charge in [0.15, 0.2) is 0 Å². The number of likely N-dealkylation sites (N-methyl/N-ethyl adjacent to an activating group) is 1. The number of aromatic nitrogens is 2. The lowest BCUT2D eigenvalue weighted by molar-refractivity contribution is -0.953. The molecule has 2 heterocycles. The molecule has 174 valence electrons. The molecule has 1 aliphatic heterocycles. The minimum atomic E-state index is -0.650. The first-order chi connectivity index (χ1) is 15.6. The topological polar surface area (TPSA) is 70.5 Å². The van der Waals surface area contributed by atoms with Crippen molar-refractivity contribution in [2.75, 3.05) is 33.4 Å². The SMILES string of the molecule is CCCCCCOc1nsnc1C1=CCC[N+](C)(C(OC(=O)OCC)c2ccccc2)C1. The highest BCUT2D eigenvalue weighted by Gasteiger charge is 2.41. The summed E-state index contributed by atoms with van der Waals surface area (Å²) < 4.78 is 26.3. The molecular weight excluding hydrogens is 426 g/mol. The first-order valence-electron chi connectivity index (χ1n) is 11.4. The molecule has 1 aromatic carbocycles. The summed E-state index contributed by atoms with van der Waals surface area (Å²) in [6, 6.07) is 9.84. The first kappa shape index (κ1) is 24.2. The van der Waals surface area contributed by atoms with E-state index in [1.165, 1.54) is 24.6 Å². The highest BCUT2D eigenvalue weighted by molar-refractivity contribution is 6.99. The van der Waals surface area contributed by atoms with E-state index in [-0.39, 0.29) is 6.61 Å². The lowest BCUT2D eigenvalue weighted by atomic mass is 10.0. The van der Waals surface area contributed by atoms with Gasteiger partial charge >= 0.3 is 6.16 Å². The molecule has 0 spiro atoms. The third-order valence-corrected chi connectivity index (χ3v) is 6.19. The molecule has 0 amide bonds. The number of benzene rings is 1. The Balaban J connectivity index is 1.77. The van der Waals surface area contributed by atoms with Crippen LogP contribution in [0.3, 0.4) is 0 Å². The average Bonchev–Trinajstić information content (AvgIpc) is 3.27. The van der Waals surface area contributed by atoms with Crippen LogP contribution in [0.25, 0.3) is 5.57 Å². The molecule has 7 nitrogen and oxygen atoms in total. The summed E-state index contributed by atoms with van der Waals surface area (Å²) in [6.45, 7) is 6.37. The molecule has 3 rings (SSSR count). The fourth-order valence-corrected chi connectivity index (χ4v) is 4.55. The van der Waals surface area contributed by atoms with Crippen molar-refractivity contribution >= 4 is 23.5 Å². The Bertz CT molecular complexity index is 886. The molecule has 0 N–H and O–H groups in total. The summed E-state index contributed by atoms with van der Waals surface area (Å²) in [5.74, 6) is 0.605. The van der Waals surface area contributed by atoms with Crippen molar-refractivity contribution < 1.29 is 23.5 Å². The van der Waals surface area contributed by atoms with Crippen LogP contribution in [0, 0.1) is 0 Å². The van der Waals surface area contributed by atoms with Gasteiger partial charge in [-0.15, -0.1) is 4.37 Å². The number of nitrogens with zero attached hydrogens (tertiary/aromatic N) is 3.